The molecule has 3 rings (SSSR count). The van der Waals surface area contributed by atoms with Crippen molar-refractivity contribution in [2.75, 3.05) is 0 Å². The van der Waals surface area contributed by atoms with Crippen molar-refractivity contribution in [2.45, 2.75) is 47.8 Å². The molecule has 0 saturated carbocycles. The maximum Gasteiger partial charge on any atom is 0.155 e. The number of allylic oxidation sites excluding steroid dienone is 2. The molecular formula is C26H30IrNO2-. The molecule has 0 aliphatic heterocycles. The fraction of sp³-hybridized carbons (Fsp3) is 0.308. The smallest absolute Gasteiger partial charge is 0.155 e. The summed E-state index contributed by atoms with van der Waals surface area (Å²) in [5.41, 5.74) is 5.19. The molecule has 1 radical (unpaired) electrons. The van der Waals surface area contributed by atoms with E-state index in [4.69, 9.17) is 18.3 Å². The van der Waals surface area contributed by atoms with Crippen LogP contribution in [0.2, 0.25) is 0 Å². The number of pyridine rings is 1. The standard InChI is InChI=1S/C21H22N.C5H8O2.Ir/c1-14(2)9-17-5-6-18-7-8-20(22-21(18)13-17)19-11-15(3)10-16(4)12-19;1-4(6)3-5(2)7;/h5-8,10-11,13-14H,9H2,1-4H3;3,6H,1-2H3;/q-1;;/b;4-3-;/i1D3,2D3;;. The predicted molar refractivity (Wildman–Crippen MR) is 121 cm³/mol. The van der Waals surface area contributed by atoms with Crippen molar-refractivity contribution in [1.82, 2.24) is 4.98 Å². The van der Waals surface area contributed by atoms with Crippen molar-refractivity contribution in [2.24, 2.45) is 5.92 Å². The topological polar surface area (TPSA) is 50.2 Å². The molecule has 0 aliphatic rings. The van der Waals surface area contributed by atoms with Gasteiger partial charge in [0.15, 0.2) is 5.78 Å². The van der Waals surface area contributed by atoms with Crippen molar-refractivity contribution in [1.29, 1.82) is 0 Å². The van der Waals surface area contributed by atoms with E-state index in [0.717, 1.165) is 27.8 Å². The SMILES string of the molecule is CC(=O)/C=C(/C)O.[2H]C([2H])([2H])C(Cc1ccc2ccc(-c3[c-]c(C)cc(C)c3)nc2c1)C([2H])([2H])[2H].[Ir]. The summed E-state index contributed by atoms with van der Waals surface area (Å²) in [5, 5.41) is 9.28. The fourth-order valence-corrected chi connectivity index (χ4v) is 3.00. The van der Waals surface area contributed by atoms with Crippen LogP contribution in [0.25, 0.3) is 22.2 Å². The summed E-state index contributed by atoms with van der Waals surface area (Å²) >= 11 is 0. The number of hydrogen-bond donors (Lipinski definition) is 1. The van der Waals surface area contributed by atoms with Gasteiger partial charge in [0.1, 0.15) is 0 Å². The number of aryl methyl sites for hydroxylation is 2. The molecule has 0 aliphatic carbocycles. The van der Waals surface area contributed by atoms with E-state index in [9.17, 15) is 4.79 Å². The van der Waals surface area contributed by atoms with Crippen LogP contribution in [0, 0.1) is 25.8 Å². The average molecular weight is 587 g/mol. The van der Waals surface area contributed by atoms with Crippen LogP contribution in [0.1, 0.15) is 52.5 Å². The van der Waals surface area contributed by atoms with E-state index in [1.165, 1.54) is 19.9 Å². The first-order valence-corrected chi connectivity index (χ1v) is 9.34. The average Bonchev–Trinajstić information content (AvgIpc) is 2.68. The molecule has 3 aromatic rings. The van der Waals surface area contributed by atoms with E-state index in [0.29, 0.717) is 11.1 Å². The predicted octanol–water partition coefficient (Wildman–Crippen LogP) is 6.55. The van der Waals surface area contributed by atoms with Crippen molar-refractivity contribution < 1.29 is 38.2 Å². The molecule has 1 heterocycles. The van der Waals surface area contributed by atoms with Gasteiger partial charge in [-0.2, -0.15) is 0 Å². The summed E-state index contributed by atoms with van der Waals surface area (Å²) in [7, 11) is 0. The molecule has 3 nitrogen and oxygen atoms in total. The number of ketones is 1. The van der Waals surface area contributed by atoms with E-state index in [1.807, 2.05) is 44.2 Å². The van der Waals surface area contributed by atoms with E-state index in [2.05, 4.69) is 6.07 Å². The number of nitrogens with zero attached hydrogens (tertiary/aromatic N) is 1. The Morgan fingerprint density at radius 2 is 1.87 bits per heavy atom. The van der Waals surface area contributed by atoms with Gasteiger partial charge in [0, 0.05) is 34.4 Å². The monoisotopic (exact) mass is 587 g/mol. The van der Waals surface area contributed by atoms with Crippen LogP contribution >= 0.6 is 0 Å². The number of fused-ring (bicyclic) bond motifs is 1. The van der Waals surface area contributed by atoms with E-state index < -0.39 is 19.6 Å². The molecule has 4 heteroatoms. The van der Waals surface area contributed by atoms with Gasteiger partial charge < -0.3 is 5.11 Å². The third-order valence-electron chi connectivity index (χ3n) is 4.03. The van der Waals surface area contributed by atoms with E-state index in [-0.39, 0.29) is 38.1 Å². The normalized spacial score (nSPS) is 14.8. The van der Waals surface area contributed by atoms with Crippen LogP contribution in [-0.4, -0.2) is 15.9 Å². The minimum atomic E-state index is -2.55. The molecule has 0 amide bonds. The van der Waals surface area contributed by atoms with Gasteiger partial charge in [0.2, 0.25) is 0 Å². The number of rotatable bonds is 4. The van der Waals surface area contributed by atoms with Crippen molar-refractivity contribution >= 4 is 16.7 Å². The Kier molecular flexibility index (Phi) is 6.83. The van der Waals surface area contributed by atoms with Gasteiger partial charge >= 0.3 is 0 Å². The van der Waals surface area contributed by atoms with Crippen LogP contribution in [0.5, 0.6) is 0 Å². The van der Waals surface area contributed by atoms with Crippen molar-refractivity contribution in [3.8, 4) is 11.3 Å². The number of carbonyl (C=O) groups excluding carboxylic acids is 1. The van der Waals surface area contributed by atoms with Gasteiger partial charge in [-0.1, -0.05) is 51.8 Å². The molecule has 30 heavy (non-hydrogen) atoms. The molecule has 2 aromatic carbocycles. The molecule has 0 spiro atoms. The molecule has 161 valence electrons. The molecule has 0 unspecified atom stereocenters. The van der Waals surface area contributed by atoms with Crippen LogP contribution in [0.15, 0.2) is 54.3 Å². The molecule has 0 saturated heterocycles. The zero-order valence-corrected chi connectivity index (χ0v) is 19.9. The van der Waals surface area contributed by atoms with Gasteiger partial charge in [0.25, 0.3) is 0 Å². The number of carbonyl (C=O) groups is 1. The quantitative estimate of drug-likeness (QED) is 0.214. The first kappa shape index (κ1) is 17.4. The van der Waals surface area contributed by atoms with Crippen molar-refractivity contribution in [3.63, 3.8) is 0 Å². The second-order valence-electron chi connectivity index (χ2n) is 7.13. The first-order valence-electron chi connectivity index (χ1n) is 12.3. The second kappa shape index (κ2) is 11.8. The van der Waals surface area contributed by atoms with Crippen LogP contribution in [-0.2, 0) is 31.3 Å². The van der Waals surface area contributed by atoms with Gasteiger partial charge in [-0.3, -0.25) is 9.78 Å². The van der Waals surface area contributed by atoms with Crippen LogP contribution in [0.3, 0.4) is 0 Å². The summed E-state index contributed by atoms with van der Waals surface area (Å²) in [6.45, 7) is 1.75. The minimum Gasteiger partial charge on any atom is -0.512 e. The fourth-order valence-electron chi connectivity index (χ4n) is 3.00. The minimum absolute atomic E-state index is 0. The Labute approximate surface area is 202 Å². The maximum atomic E-state index is 10.0. The Balaban J connectivity index is 0.000000712. The molecular weight excluding hydrogens is 551 g/mol. The van der Waals surface area contributed by atoms with E-state index >= 15 is 0 Å². The van der Waals surface area contributed by atoms with Crippen LogP contribution in [0.4, 0.5) is 0 Å². The summed E-state index contributed by atoms with van der Waals surface area (Å²) in [6.07, 6.45) is 1.12. The molecule has 1 aromatic heterocycles. The van der Waals surface area contributed by atoms with Gasteiger partial charge in [-0.25, -0.2) is 0 Å². The Bertz CT molecular complexity index is 1200. The summed E-state index contributed by atoms with van der Waals surface area (Å²) in [5.74, 6) is -1.47. The Morgan fingerprint density at radius 3 is 2.43 bits per heavy atom. The largest absolute Gasteiger partial charge is 0.512 e. The first-order chi connectivity index (χ1) is 16.1. The summed E-state index contributed by atoms with van der Waals surface area (Å²) in [4.78, 5) is 14.7. The second-order valence-corrected chi connectivity index (χ2v) is 7.13. The maximum absolute atomic E-state index is 10.0. The molecule has 0 fully saturated rings. The molecule has 0 atom stereocenters. The summed E-state index contributed by atoms with van der Waals surface area (Å²) in [6, 6.07) is 16.7. The molecule has 1 N–H and O–H groups in total. The number of aliphatic hydroxyl groups excluding tert-OH is 1. The number of aromatic nitrogens is 1. The third-order valence-corrected chi connectivity index (χ3v) is 4.03. The Morgan fingerprint density at radius 1 is 1.17 bits per heavy atom. The summed E-state index contributed by atoms with van der Waals surface area (Å²) < 4.78 is 45.6. The van der Waals surface area contributed by atoms with E-state index in [1.54, 1.807) is 12.1 Å². The van der Waals surface area contributed by atoms with Crippen LogP contribution < -0.4 is 0 Å². The zero-order chi connectivity index (χ0) is 26.6. The Hall–Kier alpha value is -2.29. The van der Waals surface area contributed by atoms with Gasteiger partial charge in [0.05, 0.1) is 11.3 Å². The molecule has 0 bridgehead atoms. The number of benzene rings is 2. The zero-order valence-electron chi connectivity index (χ0n) is 23.5. The number of hydrogen-bond acceptors (Lipinski definition) is 3. The van der Waals surface area contributed by atoms with Gasteiger partial charge in [-0.15, -0.1) is 34.9 Å². The number of aliphatic hydroxyl groups is 1. The van der Waals surface area contributed by atoms with Gasteiger partial charge in [-0.05, 0) is 48.9 Å². The third kappa shape index (κ3) is 8.22. The van der Waals surface area contributed by atoms with Crippen molar-refractivity contribution in [3.05, 3.63) is 77.1 Å².